The Bertz CT molecular complexity index is 1120. The summed E-state index contributed by atoms with van der Waals surface area (Å²) in [4.78, 5) is 25.0. The van der Waals surface area contributed by atoms with Gasteiger partial charge >= 0.3 is 0 Å². The number of carbonyl (C=O) groups excluding carboxylic acids is 1. The zero-order valence-electron chi connectivity index (χ0n) is 17.4. The molecule has 0 radical (unpaired) electrons. The number of hydrogen-bond donors (Lipinski definition) is 2. The Morgan fingerprint density at radius 2 is 1.80 bits per heavy atom. The number of nitriles is 1. The highest BCUT2D eigenvalue weighted by molar-refractivity contribution is 5.95. The van der Waals surface area contributed by atoms with Crippen LogP contribution >= 0.6 is 0 Å². The van der Waals surface area contributed by atoms with Crippen LogP contribution in [0.25, 0.3) is 10.8 Å². The number of carbonyl (C=O) groups is 1. The van der Waals surface area contributed by atoms with Crippen molar-refractivity contribution in [2.24, 2.45) is 5.92 Å². The summed E-state index contributed by atoms with van der Waals surface area (Å²) in [6, 6.07) is 14.8. The SMILES string of the molecule is CCCC(CCC)C(=O)Nc1ccc2c(Cc3ccc(C#N)cc3)n[nH]c(=O)c2c1. The van der Waals surface area contributed by atoms with E-state index in [-0.39, 0.29) is 17.4 Å². The second-order valence-corrected chi connectivity index (χ2v) is 7.51. The number of aromatic nitrogens is 2. The van der Waals surface area contributed by atoms with E-state index >= 15 is 0 Å². The molecule has 154 valence electrons. The highest BCUT2D eigenvalue weighted by Crippen LogP contribution is 2.22. The normalized spacial score (nSPS) is 10.9. The molecule has 0 aliphatic heterocycles. The molecular formula is C24H26N4O2. The van der Waals surface area contributed by atoms with Crippen molar-refractivity contribution < 1.29 is 4.79 Å². The summed E-state index contributed by atoms with van der Waals surface area (Å²) in [5, 5.41) is 19.9. The van der Waals surface area contributed by atoms with Gasteiger partial charge in [0, 0.05) is 23.4 Å². The second kappa shape index (κ2) is 9.84. The van der Waals surface area contributed by atoms with Crippen molar-refractivity contribution in [1.82, 2.24) is 10.2 Å². The van der Waals surface area contributed by atoms with Gasteiger partial charge in [0.1, 0.15) is 0 Å². The third kappa shape index (κ3) is 4.93. The average Bonchev–Trinajstić information content (AvgIpc) is 2.76. The zero-order chi connectivity index (χ0) is 21.5. The van der Waals surface area contributed by atoms with Crippen LogP contribution in [0.2, 0.25) is 0 Å². The molecule has 1 aromatic heterocycles. The molecule has 0 saturated carbocycles. The first-order chi connectivity index (χ1) is 14.5. The lowest BCUT2D eigenvalue weighted by Gasteiger charge is -2.15. The fourth-order valence-electron chi connectivity index (χ4n) is 3.67. The number of H-pyrrole nitrogens is 1. The molecule has 3 rings (SSSR count). The van der Waals surface area contributed by atoms with Crippen LogP contribution in [0.4, 0.5) is 5.69 Å². The average molecular weight is 402 g/mol. The number of anilines is 1. The van der Waals surface area contributed by atoms with E-state index in [0.717, 1.165) is 42.3 Å². The number of nitrogens with zero attached hydrogens (tertiary/aromatic N) is 2. The number of amides is 1. The molecular weight excluding hydrogens is 376 g/mol. The molecule has 0 bridgehead atoms. The molecule has 2 aromatic carbocycles. The fraction of sp³-hybridized carbons (Fsp3) is 0.333. The highest BCUT2D eigenvalue weighted by atomic mass is 16.2. The Labute approximate surface area is 175 Å². The summed E-state index contributed by atoms with van der Waals surface area (Å²) in [5.41, 5.74) is 2.66. The van der Waals surface area contributed by atoms with Crippen molar-refractivity contribution in [2.45, 2.75) is 46.0 Å². The standard InChI is InChI=1S/C24H26N4O2/c1-3-5-18(6-4-2)23(29)26-19-11-12-20-21(14-19)24(30)28-27-22(20)13-16-7-9-17(15-25)10-8-16/h7-12,14,18H,3-6,13H2,1-2H3,(H,26,29)(H,28,30). The van der Waals surface area contributed by atoms with E-state index in [0.29, 0.717) is 23.1 Å². The van der Waals surface area contributed by atoms with Crippen molar-refractivity contribution in [1.29, 1.82) is 5.26 Å². The van der Waals surface area contributed by atoms with E-state index in [2.05, 4.69) is 35.4 Å². The molecule has 3 aromatic rings. The lowest BCUT2D eigenvalue weighted by molar-refractivity contribution is -0.120. The molecule has 6 nitrogen and oxygen atoms in total. The van der Waals surface area contributed by atoms with Crippen molar-refractivity contribution in [3.05, 3.63) is 69.6 Å². The topological polar surface area (TPSA) is 98.6 Å². The third-order valence-electron chi connectivity index (χ3n) is 5.23. The summed E-state index contributed by atoms with van der Waals surface area (Å²) in [6.45, 7) is 4.15. The second-order valence-electron chi connectivity index (χ2n) is 7.51. The maximum Gasteiger partial charge on any atom is 0.272 e. The van der Waals surface area contributed by atoms with Crippen LogP contribution in [0.1, 0.15) is 56.4 Å². The van der Waals surface area contributed by atoms with Crippen LogP contribution in [-0.4, -0.2) is 16.1 Å². The number of hydrogen-bond acceptors (Lipinski definition) is 4. The number of fused-ring (bicyclic) bond motifs is 1. The van der Waals surface area contributed by atoms with E-state index in [4.69, 9.17) is 5.26 Å². The number of aromatic amines is 1. The molecule has 2 N–H and O–H groups in total. The summed E-state index contributed by atoms with van der Waals surface area (Å²) in [6.07, 6.45) is 4.15. The minimum Gasteiger partial charge on any atom is -0.326 e. The van der Waals surface area contributed by atoms with Gasteiger partial charge in [-0.05, 0) is 42.7 Å². The van der Waals surface area contributed by atoms with Gasteiger partial charge in [-0.25, -0.2) is 5.10 Å². The minimum absolute atomic E-state index is 0.00124. The van der Waals surface area contributed by atoms with E-state index in [1.165, 1.54) is 0 Å². The number of nitrogens with one attached hydrogen (secondary N) is 2. The maximum atomic E-state index is 12.6. The summed E-state index contributed by atoms with van der Waals surface area (Å²) in [5.74, 6) is -0.0142. The monoisotopic (exact) mass is 402 g/mol. The lowest BCUT2D eigenvalue weighted by Crippen LogP contribution is -2.23. The molecule has 0 unspecified atom stereocenters. The maximum absolute atomic E-state index is 12.6. The van der Waals surface area contributed by atoms with Crippen molar-refractivity contribution in [3.8, 4) is 6.07 Å². The first-order valence-corrected chi connectivity index (χ1v) is 10.4. The van der Waals surface area contributed by atoms with Gasteiger partial charge < -0.3 is 5.32 Å². The van der Waals surface area contributed by atoms with Crippen molar-refractivity contribution in [2.75, 3.05) is 5.32 Å². The molecule has 30 heavy (non-hydrogen) atoms. The van der Waals surface area contributed by atoms with Gasteiger partial charge in [0.15, 0.2) is 0 Å². The Morgan fingerprint density at radius 1 is 1.10 bits per heavy atom. The first kappa shape index (κ1) is 21.3. The van der Waals surface area contributed by atoms with Crippen LogP contribution in [-0.2, 0) is 11.2 Å². The van der Waals surface area contributed by atoms with Crippen LogP contribution in [0, 0.1) is 17.2 Å². The van der Waals surface area contributed by atoms with Crippen LogP contribution in [0.5, 0.6) is 0 Å². The van der Waals surface area contributed by atoms with E-state index in [1.54, 1.807) is 18.2 Å². The molecule has 0 aliphatic rings. The van der Waals surface area contributed by atoms with E-state index in [1.807, 2.05) is 24.3 Å². The first-order valence-electron chi connectivity index (χ1n) is 10.4. The third-order valence-corrected chi connectivity index (χ3v) is 5.23. The Balaban J connectivity index is 1.87. The van der Waals surface area contributed by atoms with Gasteiger partial charge in [-0.1, -0.05) is 44.9 Å². The predicted octanol–water partition coefficient (Wildman–Crippen LogP) is 4.54. The minimum atomic E-state index is -0.289. The van der Waals surface area contributed by atoms with Gasteiger partial charge in [-0.3, -0.25) is 9.59 Å². The van der Waals surface area contributed by atoms with Crippen LogP contribution in [0.15, 0.2) is 47.3 Å². The molecule has 1 amide bonds. The molecule has 6 heteroatoms. The highest BCUT2D eigenvalue weighted by Gasteiger charge is 2.17. The lowest BCUT2D eigenvalue weighted by atomic mass is 9.97. The fourth-order valence-corrected chi connectivity index (χ4v) is 3.67. The quantitative estimate of drug-likeness (QED) is 0.578. The van der Waals surface area contributed by atoms with Gasteiger partial charge in [0.2, 0.25) is 5.91 Å². The molecule has 1 heterocycles. The van der Waals surface area contributed by atoms with Crippen molar-refractivity contribution in [3.63, 3.8) is 0 Å². The predicted molar refractivity (Wildman–Crippen MR) is 118 cm³/mol. The number of benzene rings is 2. The number of rotatable bonds is 8. The van der Waals surface area contributed by atoms with Gasteiger partial charge in [0.05, 0.1) is 22.7 Å². The summed E-state index contributed by atoms with van der Waals surface area (Å²) < 4.78 is 0. The van der Waals surface area contributed by atoms with Gasteiger partial charge in [-0.15, -0.1) is 0 Å². The van der Waals surface area contributed by atoms with Gasteiger partial charge in [0.25, 0.3) is 5.56 Å². The Hall–Kier alpha value is -3.46. The molecule has 0 fully saturated rings. The zero-order valence-corrected chi connectivity index (χ0v) is 17.4. The molecule has 0 aliphatic carbocycles. The van der Waals surface area contributed by atoms with Gasteiger partial charge in [-0.2, -0.15) is 10.4 Å². The summed E-state index contributed by atoms with van der Waals surface area (Å²) >= 11 is 0. The molecule has 0 saturated heterocycles. The smallest absolute Gasteiger partial charge is 0.272 e. The molecule has 0 spiro atoms. The van der Waals surface area contributed by atoms with E-state index < -0.39 is 0 Å². The van der Waals surface area contributed by atoms with Crippen molar-refractivity contribution >= 4 is 22.4 Å². The Kier molecular flexibility index (Phi) is 6.97. The summed E-state index contributed by atoms with van der Waals surface area (Å²) in [7, 11) is 0. The van der Waals surface area contributed by atoms with Crippen LogP contribution < -0.4 is 10.9 Å². The molecule has 0 atom stereocenters. The Morgan fingerprint density at radius 3 is 2.43 bits per heavy atom. The van der Waals surface area contributed by atoms with Crippen LogP contribution in [0.3, 0.4) is 0 Å². The largest absolute Gasteiger partial charge is 0.326 e. The van der Waals surface area contributed by atoms with E-state index in [9.17, 15) is 9.59 Å².